The Morgan fingerprint density at radius 3 is 2.22 bits per heavy atom. The third kappa shape index (κ3) is 6.31. The van der Waals surface area contributed by atoms with Crippen molar-refractivity contribution in [2.75, 3.05) is 16.2 Å². The fourth-order valence-corrected chi connectivity index (χ4v) is 5.12. The van der Waals surface area contributed by atoms with Gasteiger partial charge in [0.1, 0.15) is 6.54 Å². The average Bonchev–Trinajstić information content (AvgIpc) is 2.84. The van der Waals surface area contributed by atoms with Gasteiger partial charge in [0.25, 0.3) is 15.9 Å². The number of nitrogens with one attached hydrogen (secondary N) is 2. The van der Waals surface area contributed by atoms with E-state index in [0.717, 1.165) is 27.4 Å². The van der Waals surface area contributed by atoms with Gasteiger partial charge in [0.2, 0.25) is 5.91 Å². The zero-order valence-corrected chi connectivity index (χ0v) is 22.1. The molecule has 0 saturated carbocycles. The number of para-hydroxylation sites is 1. The van der Waals surface area contributed by atoms with Crippen LogP contribution in [0.5, 0.6) is 0 Å². The van der Waals surface area contributed by atoms with E-state index in [2.05, 4.69) is 10.6 Å². The molecular weight excluding hydrogens is 474 g/mol. The van der Waals surface area contributed by atoms with Crippen LogP contribution in [0.15, 0.2) is 71.6 Å². The molecule has 0 unspecified atom stereocenters. The molecule has 0 aromatic heterocycles. The van der Waals surface area contributed by atoms with Crippen LogP contribution >= 0.6 is 0 Å². The summed E-state index contributed by atoms with van der Waals surface area (Å²) in [5.74, 6) is -0.866. The maximum atomic E-state index is 13.7. The zero-order valence-electron chi connectivity index (χ0n) is 21.3. The average molecular weight is 508 g/mol. The largest absolute Gasteiger partial charge is 0.350 e. The van der Waals surface area contributed by atoms with E-state index in [4.69, 9.17) is 0 Å². The second kappa shape index (κ2) is 11.4. The number of carbonyl (C=O) groups is 2. The Hall–Kier alpha value is -3.65. The Balaban J connectivity index is 1.96. The summed E-state index contributed by atoms with van der Waals surface area (Å²) >= 11 is 0. The first-order valence-corrected chi connectivity index (χ1v) is 13.3. The molecule has 8 heteroatoms. The van der Waals surface area contributed by atoms with Crippen LogP contribution in [0.1, 0.15) is 47.3 Å². The smallest absolute Gasteiger partial charge is 0.264 e. The fraction of sp³-hybridized carbons (Fsp3) is 0.286. The van der Waals surface area contributed by atoms with Gasteiger partial charge in [0.05, 0.1) is 21.8 Å². The van der Waals surface area contributed by atoms with Crippen molar-refractivity contribution in [2.45, 2.75) is 52.0 Å². The van der Waals surface area contributed by atoms with Crippen molar-refractivity contribution in [3.8, 4) is 0 Å². The molecule has 190 valence electrons. The molecule has 2 amide bonds. The van der Waals surface area contributed by atoms with E-state index in [-0.39, 0.29) is 16.8 Å². The van der Waals surface area contributed by atoms with Gasteiger partial charge in [-0.2, -0.15) is 0 Å². The molecule has 0 radical (unpaired) electrons. The van der Waals surface area contributed by atoms with Gasteiger partial charge in [0.15, 0.2) is 0 Å². The Kier molecular flexibility index (Phi) is 8.53. The van der Waals surface area contributed by atoms with Crippen molar-refractivity contribution < 1.29 is 18.0 Å². The summed E-state index contributed by atoms with van der Waals surface area (Å²) in [5, 5.41) is 5.64. The number of nitrogens with zero attached hydrogens (tertiary/aromatic N) is 1. The van der Waals surface area contributed by atoms with Gasteiger partial charge in [-0.15, -0.1) is 0 Å². The summed E-state index contributed by atoms with van der Waals surface area (Å²) in [6.45, 7) is 8.96. The van der Waals surface area contributed by atoms with Crippen LogP contribution in [-0.2, 0) is 14.8 Å². The van der Waals surface area contributed by atoms with E-state index in [1.807, 2.05) is 39.8 Å². The van der Waals surface area contributed by atoms with Crippen molar-refractivity contribution in [3.63, 3.8) is 0 Å². The first-order valence-electron chi connectivity index (χ1n) is 11.9. The van der Waals surface area contributed by atoms with Gasteiger partial charge in [-0.1, -0.05) is 48.9 Å². The Morgan fingerprint density at radius 1 is 0.917 bits per heavy atom. The van der Waals surface area contributed by atoms with E-state index in [9.17, 15) is 18.0 Å². The lowest BCUT2D eigenvalue weighted by Gasteiger charge is -2.26. The number of anilines is 2. The van der Waals surface area contributed by atoms with Gasteiger partial charge in [-0.05, 0) is 75.6 Å². The third-order valence-electron chi connectivity index (χ3n) is 5.97. The third-order valence-corrected chi connectivity index (χ3v) is 7.74. The highest BCUT2D eigenvalue weighted by Crippen LogP contribution is 2.28. The lowest BCUT2D eigenvalue weighted by atomic mass is 10.1. The predicted octanol–water partition coefficient (Wildman–Crippen LogP) is 4.97. The summed E-state index contributed by atoms with van der Waals surface area (Å²) in [7, 11) is -4.05. The van der Waals surface area contributed by atoms with Gasteiger partial charge < -0.3 is 10.6 Å². The second-order valence-electron chi connectivity index (χ2n) is 8.99. The number of rotatable bonds is 9. The molecule has 36 heavy (non-hydrogen) atoms. The van der Waals surface area contributed by atoms with Crippen LogP contribution in [0.25, 0.3) is 0 Å². The Bertz CT molecular complexity index is 1350. The van der Waals surface area contributed by atoms with Gasteiger partial charge in [-0.25, -0.2) is 8.42 Å². The molecule has 7 nitrogen and oxygen atoms in total. The first kappa shape index (κ1) is 26.9. The fourth-order valence-electron chi connectivity index (χ4n) is 3.64. The second-order valence-corrected chi connectivity index (χ2v) is 10.9. The first-order chi connectivity index (χ1) is 17.0. The number of aryl methyl sites for hydroxylation is 3. The summed E-state index contributed by atoms with van der Waals surface area (Å²) < 4.78 is 28.5. The number of carbonyl (C=O) groups excluding carboxylic acids is 2. The minimum Gasteiger partial charge on any atom is -0.350 e. The molecule has 1 atom stereocenters. The number of amides is 2. The molecule has 0 fully saturated rings. The molecule has 3 aromatic carbocycles. The van der Waals surface area contributed by atoms with E-state index < -0.39 is 22.5 Å². The van der Waals surface area contributed by atoms with Crippen molar-refractivity contribution in [2.24, 2.45) is 0 Å². The summed E-state index contributed by atoms with van der Waals surface area (Å²) in [5.41, 5.74) is 3.57. The topological polar surface area (TPSA) is 95.6 Å². The summed E-state index contributed by atoms with van der Waals surface area (Å²) in [4.78, 5) is 26.1. The van der Waals surface area contributed by atoms with Gasteiger partial charge in [0, 0.05) is 6.04 Å². The lowest BCUT2D eigenvalue weighted by molar-refractivity contribution is -0.114. The van der Waals surface area contributed by atoms with Crippen LogP contribution in [0.4, 0.5) is 11.4 Å². The number of sulfonamides is 1. The number of hydrogen-bond acceptors (Lipinski definition) is 4. The maximum absolute atomic E-state index is 13.7. The van der Waals surface area contributed by atoms with Gasteiger partial charge >= 0.3 is 0 Å². The minimum atomic E-state index is -4.05. The van der Waals surface area contributed by atoms with Crippen LogP contribution in [0, 0.1) is 20.8 Å². The SMILES string of the molecule is CC[C@H](C)NC(=O)c1ccccc1NC(=O)CN(c1cc(C)ccc1C)S(=O)(=O)c1ccc(C)cc1. The quantitative estimate of drug-likeness (QED) is 0.427. The number of benzene rings is 3. The molecule has 0 bridgehead atoms. The molecule has 3 aromatic rings. The lowest BCUT2D eigenvalue weighted by Crippen LogP contribution is -2.39. The van der Waals surface area contributed by atoms with E-state index in [1.165, 1.54) is 12.1 Å². The molecule has 0 aliphatic rings. The van der Waals surface area contributed by atoms with Crippen LogP contribution in [-0.4, -0.2) is 32.8 Å². The van der Waals surface area contributed by atoms with Crippen LogP contribution in [0.2, 0.25) is 0 Å². The molecule has 0 heterocycles. The molecule has 0 saturated heterocycles. The highest BCUT2D eigenvalue weighted by Gasteiger charge is 2.29. The van der Waals surface area contributed by atoms with Crippen LogP contribution < -0.4 is 14.9 Å². The molecule has 0 aliphatic carbocycles. The van der Waals surface area contributed by atoms with Crippen molar-refractivity contribution in [3.05, 3.63) is 89.0 Å². The van der Waals surface area contributed by atoms with E-state index in [0.29, 0.717) is 16.9 Å². The summed E-state index contributed by atoms with van der Waals surface area (Å²) in [6, 6.07) is 18.6. The molecular formula is C28H33N3O4S. The molecule has 0 spiro atoms. The minimum absolute atomic E-state index is 0.0271. The Morgan fingerprint density at radius 2 is 1.56 bits per heavy atom. The predicted molar refractivity (Wildman–Crippen MR) is 144 cm³/mol. The van der Waals surface area contributed by atoms with Crippen LogP contribution in [0.3, 0.4) is 0 Å². The monoisotopic (exact) mass is 507 g/mol. The van der Waals surface area contributed by atoms with Crippen molar-refractivity contribution >= 4 is 33.2 Å². The Labute approximate surface area is 213 Å². The zero-order chi connectivity index (χ0) is 26.5. The normalized spacial score (nSPS) is 12.0. The summed E-state index contributed by atoms with van der Waals surface area (Å²) in [6.07, 6.45) is 0.766. The maximum Gasteiger partial charge on any atom is 0.264 e. The molecule has 3 rings (SSSR count). The van der Waals surface area contributed by atoms with E-state index >= 15 is 0 Å². The molecule has 0 aliphatic heterocycles. The molecule has 2 N–H and O–H groups in total. The van der Waals surface area contributed by atoms with Gasteiger partial charge in [-0.3, -0.25) is 13.9 Å². The number of hydrogen-bond donors (Lipinski definition) is 2. The van der Waals surface area contributed by atoms with Crippen molar-refractivity contribution in [1.29, 1.82) is 0 Å². The van der Waals surface area contributed by atoms with Crippen molar-refractivity contribution in [1.82, 2.24) is 5.32 Å². The highest BCUT2D eigenvalue weighted by atomic mass is 32.2. The van der Waals surface area contributed by atoms with E-state index in [1.54, 1.807) is 49.4 Å². The highest BCUT2D eigenvalue weighted by molar-refractivity contribution is 7.92. The standard InChI is InChI=1S/C28H33N3O4S/c1-6-22(5)29-28(33)24-9-7-8-10-25(24)30-27(32)18-31(26-17-20(3)11-14-21(26)4)36(34,35)23-15-12-19(2)13-16-23/h7-17,22H,6,18H2,1-5H3,(H,29,33)(H,30,32)/t22-/m0/s1.